The molecule has 0 spiro atoms. The summed E-state index contributed by atoms with van der Waals surface area (Å²) in [5.74, 6) is -1.59. The number of methoxy groups -OCH3 is 1. The molecule has 2 N–H and O–H groups in total. The van der Waals surface area contributed by atoms with Gasteiger partial charge in [-0.15, -0.1) is 0 Å². The molecule has 1 fully saturated rings. The van der Waals surface area contributed by atoms with E-state index in [9.17, 15) is 19.5 Å². The van der Waals surface area contributed by atoms with Crippen LogP contribution in [0.3, 0.4) is 0 Å². The van der Waals surface area contributed by atoms with E-state index in [1.165, 1.54) is 16.0 Å². The van der Waals surface area contributed by atoms with Crippen LogP contribution in [0.25, 0.3) is 11.1 Å². The number of rotatable bonds is 2. The Bertz CT molecular complexity index is 1270. The fraction of sp³-hybridized carbons (Fsp3) is 0.545. The molecule has 41 heavy (non-hydrogen) atoms. The highest BCUT2D eigenvalue weighted by Crippen LogP contribution is 2.41. The van der Waals surface area contributed by atoms with Crippen molar-refractivity contribution < 1.29 is 29.0 Å². The van der Waals surface area contributed by atoms with Crippen LogP contribution in [-0.4, -0.2) is 60.3 Å². The van der Waals surface area contributed by atoms with E-state index in [2.05, 4.69) is 37.4 Å². The van der Waals surface area contributed by atoms with Crippen molar-refractivity contribution in [3.63, 3.8) is 0 Å². The smallest absolute Gasteiger partial charge is 0.407 e. The first-order valence-corrected chi connectivity index (χ1v) is 14.5. The highest BCUT2D eigenvalue weighted by molar-refractivity contribution is 5.90. The number of carboxylic acids is 1. The summed E-state index contributed by atoms with van der Waals surface area (Å²) in [6.07, 6.45) is 3.21. The molecule has 5 rings (SSSR count). The maximum atomic E-state index is 14.0. The number of carbonyl (C=O) groups is 3. The van der Waals surface area contributed by atoms with Gasteiger partial charge in [0, 0.05) is 13.5 Å². The van der Waals surface area contributed by atoms with E-state index in [1.54, 1.807) is 7.11 Å². The molecule has 0 aromatic heterocycles. The maximum absolute atomic E-state index is 14.0. The predicted octanol–water partition coefficient (Wildman–Crippen LogP) is 5.77. The van der Waals surface area contributed by atoms with E-state index in [4.69, 9.17) is 9.47 Å². The van der Waals surface area contributed by atoms with Gasteiger partial charge in [-0.2, -0.15) is 0 Å². The number of fused-ring (bicyclic) bond motifs is 12. The topological polar surface area (TPSA) is 105 Å². The molecule has 4 bridgehead atoms. The summed E-state index contributed by atoms with van der Waals surface area (Å²) < 4.78 is 11.6. The van der Waals surface area contributed by atoms with Crippen LogP contribution in [0, 0.1) is 10.8 Å². The summed E-state index contributed by atoms with van der Waals surface area (Å²) >= 11 is 0. The van der Waals surface area contributed by atoms with E-state index in [0.29, 0.717) is 0 Å². The van der Waals surface area contributed by atoms with Crippen LogP contribution in [0.2, 0.25) is 0 Å². The lowest BCUT2D eigenvalue weighted by atomic mass is 9.85. The second-order valence-corrected chi connectivity index (χ2v) is 13.3. The summed E-state index contributed by atoms with van der Waals surface area (Å²) in [6.45, 7) is 9.91. The number of benzene rings is 2. The van der Waals surface area contributed by atoms with Crippen molar-refractivity contribution >= 4 is 18.0 Å². The highest BCUT2D eigenvalue weighted by atomic mass is 16.5. The van der Waals surface area contributed by atoms with E-state index in [0.717, 1.165) is 36.8 Å². The van der Waals surface area contributed by atoms with Crippen LogP contribution in [-0.2, 0) is 31.1 Å². The summed E-state index contributed by atoms with van der Waals surface area (Å²) in [6, 6.07) is 14.3. The molecule has 1 saturated heterocycles. The molecule has 0 saturated carbocycles. The molecule has 8 nitrogen and oxygen atoms in total. The van der Waals surface area contributed by atoms with Gasteiger partial charge in [0.15, 0.2) is 0 Å². The zero-order valence-electron chi connectivity index (χ0n) is 25.2. The first kappa shape index (κ1) is 30.6. The van der Waals surface area contributed by atoms with Crippen LogP contribution in [0.15, 0.2) is 48.5 Å². The first-order chi connectivity index (χ1) is 19.3. The van der Waals surface area contributed by atoms with Crippen molar-refractivity contribution in [1.82, 2.24) is 10.2 Å². The number of amides is 2. The van der Waals surface area contributed by atoms with Crippen LogP contribution in [0.4, 0.5) is 4.79 Å². The highest BCUT2D eigenvalue weighted by Gasteiger charge is 2.52. The van der Waals surface area contributed by atoms with E-state index >= 15 is 0 Å². The number of alkyl carbamates (subject to hydrolysis) is 1. The second kappa shape index (κ2) is 11.8. The van der Waals surface area contributed by atoms with E-state index < -0.39 is 41.1 Å². The van der Waals surface area contributed by atoms with Gasteiger partial charge < -0.3 is 24.8 Å². The minimum Gasteiger partial charge on any atom is -0.480 e. The molecule has 0 radical (unpaired) electrons. The molecule has 3 heterocycles. The number of hydrogen-bond donors (Lipinski definition) is 2. The zero-order chi connectivity index (χ0) is 30.0. The van der Waals surface area contributed by atoms with Gasteiger partial charge in [-0.25, -0.2) is 9.59 Å². The molecule has 3 aliphatic rings. The Kier molecular flexibility index (Phi) is 8.83. The minimum atomic E-state index is -1.11. The lowest BCUT2D eigenvalue weighted by Crippen LogP contribution is -2.57. The lowest BCUT2D eigenvalue weighted by molar-refractivity contribution is -0.150. The number of aliphatic carboxylic acids is 1. The van der Waals surface area contributed by atoms with Gasteiger partial charge in [-0.05, 0) is 52.3 Å². The van der Waals surface area contributed by atoms with Gasteiger partial charge >= 0.3 is 12.1 Å². The third-order valence-electron chi connectivity index (χ3n) is 8.54. The number of carbonyl (C=O) groups excluding carboxylic acids is 2. The predicted molar refractivity (Wildman–Crippen MR) is 157 cm³/mol. The first-order valence-electron chi connectivity index (χ1n) is 14.5. The molecule has 3 unspecified atom stereocenters. The molecule has 8 heteroatoms. The fourth-order valence-electron chi connectivity index (χ4n) is 6.00. The van der Waals surface area contributed by atoms with Gasteiger partial charge in [0.1, 0.15) is 17.7 Å². The Morgan fingerprint density at radius 2 is 1.76 bits per heavy atom. The van der Waals surface area contributed by atoms with Gasteiger partial charge in [-0.3, -0.25) is 4.79 Å². The summed E-state index contributed by atoms with van der Waals surface area (Å²) in [5.41, 5.74) is 2.37. The van der Waals surface area contributed by atoms with Gasteiger partial charge in [-0.1, -0.05) is 89.6 Å². The summed E-state index contributed by atoms with van der Waals surface area (Å²) in [7, 11) is 1.55. The lowest BCUT2D eigenvalue weighted by Gasteiger charge is -2.35. The molecular weight excluding hydrogens is 520 g/mol. The van der Waals surface area contributed by atoms with Gasteiger partial charge in [0.2, 0.25) is 5.91 Å². The quantitative estimate of drug-likeness (QED) is 0.480. The van der Waals surface area contributed by atoms with Crippen LogP contribution >= 0.6 is 0 Å². The number of hydrogen-bond acceptors (Lipinski definition) is 5. The Balaban J connectivity index is 1.77. The number of ether oxygens (including phenoxy) is 2. The Morgan fingerprint density at radius 3 is 2.39 bits per heavy atom. The average Bonchev–Trinajstić information content (AvgIpc) is 3.34. The SMILES string of the molecule is COC12CC(C(=O)O)N(C1)C(=O)C(C(C)(C)C)NC(=O)OCC(C)(C)CCCCc1ccccc1-c1ccc2cc1. The molecule has 3 aliphatic heterocycles. The summed E-state index contributed by atoms with van der Waals surface area (Å²) in [4.78, 5) is 40.8. The number of nitrogens with zero attached hydrogens (tertiary/aromatic N) is 1. The monoisotopic (exact) mass is 564 g/mol. The molecular formula is C33H44N2O6. The van der Waals surface area contributed by atoms with Crippen molar-refractivity contribution in [3.8, 4) is 11.1 Å². The molecule has 222 valence electrons. The van der Waals surface area contributed by atoms with Crippen molar-refractivity contribution in [3.05, 3.63) is 59.7 Å². The normalized spacial score (nSPS) is 25.7. The van der Waals surface area contributed by atoms with Crippen molar-refractivity contribution in [2.45, 2.75) is 84.4 Å². The van der Waals surface area contributed by atoms with Crippen molar-refractivity contribution in [2.24, 2.45) is 10.8 Å². The Hall–Kier alpha value is -3.39. The molecule has 2 aromatic carbocycles. The van der Waals surface area contributed by atoms with Crippen LogP contribution in [0.1, 0.15) is 71.4 Å². The van der Waals surface area contributed by atoms with Crippen molar-refractivity contribution in [1.29, 1.82) is 0 Å². The number of carboxylic acid groups (broad SMARTS) is 1. The third-order valence-corrected chi connectivity index (χ3v) is 8.54. The minimum absolute atomic E-state index is 0.0472. The molecule has 2 aromatic rings. The molecule has 3 atom stereocenters. The summed E-state index contributed by atoms with van der Waals surface area (Å²) in [5, 5.41) is 12.9. The zero-order valence-corrected chi connectivity index (χ0v) is 25.2. The standard InChI is InChI=1S/C33H44N2O6/c1-31(2,3)27-28(36)35-20-33(40-6,19-26(35)29(37)38)24-16-14-23(15-17-24)25-13-8-7-11-22(25)12-9-10-18-32(4,5)21-41-30(39)34-27/h7-8,11,13-17,26-27H,9-10,12,18-21H2,1-6H3,(H,34,39)(H,37,38). The number of aryl methyl sites for hydroxylation is 1. The molecule has 2 amide bonds. The van der Waals surface area contributed by atoms with Crippen LogP contribution < -0.4 is 5.32 Å². The van der Waals surface area contributed by atoms with Crippen LogP contribution in [0.5, 0.6) is 0 Å². The van der Waals surface area contributed by atoms with Gasteiger partial charge in [0.05, 0.1) is 13.2 Å². The number of nitrogens with one attached hydrogen (secondary N) is 1. The molecule has 0 aliphatic carbocycles. The maximum Gasteiger partial charge on any atom is 0.407 e. The largest absolute Gasteiger partial charge is 0.480 e. The van der Waals surface area contributed by atoms with Crippen molar-refractivity contribution in [2.75, 3.05) is 20.3 Å². The average molecular weight is 565 g/mol. The Labute approximate surface area is 243 Å². The Morgan fingerprint density at radius 1 is 1.07 bits per heavy atom. The fourth-order valence-corrected chi connectivity index (χ4v) is 6.00. The van der Waals surface area contributed by atoms with E-state index in [1.807, 2.05) is 51.1 Å². The van der Waals surface area contributed by atoms with Gasteiger partial charge in [0.25, 0.3) is 0 Å². The van der Waals surface area contributed by atoms with E-state index in [-0.39, 0.29) is 25.0 Å². The third kappa shape index (κ3) is 6.75. The second-order valence-electron chi connectivity index (χ2n) is 13.3.